The second kappa shape index (κ2) is 6.14. The van der Waals surface area contributed by atoms with Gasteiger partial charge in [0.15, 0.2) is 0 Å². The van der Waals surface area contributed by atoms with E-state index in [1.54, 1.807) is 0 Å². The predicted octanol–water partition coefficient (Wildman–Crippen LogP) is 4.64. The molecule has 104 valence electrons. The number of nitrogens with one attached hydrogen (secondary N) is 1. The number of halogens is 1. The first kappa shape index (κ1) is 13.9. The Morgan fingerprint density at radius 2 is 2.05 bits per heavy atom. The molecule has 1 N–H and O–H groups in total. The molecule has 2 aromatic carbocycles. The van der Waals surface area contributed by atoms with Gasteiger partial charge in [-0.1, -0.05) is 18.2 Å². The van der Waals surface area contributed by atoms with Crippen molar-refractivity contribution in [1.82, 2.24) is 5.32 Å². The number of rotatable bonds is 5. The molecule has 1 aliphatic carbocycles. The molecule has 0 radical (unpaired) electrons. The van der Waals surface area contributed by atoms with Crippen molar-refractivity contribution < 1.29 is 4.74 Å². The summed E-state index contributed by atoms with van der Waals surface area (Å²) < 4.78 is 7.14. The SMILES string of the molecule is Cc1cc(CNC2CC2)ccc1Oc1cccc(I)c1. The van der Waals surface area contributed by atoms with Crippen molar-refractivity contribution in [3.63, 3.8) is 0 Å². The highest BCUT2D eigenvalue weighted by Crippen LogP contribution is 2.27. The number of ether oxygens (including phenoxy) is 1. The van der Waals surface area contributed by atoms with E-state index < -0.39 is 0 Å². The van der Waals surface area contributed by atoms with E-state index in [0.717, 1.165) is 24.1 Å². The van der Waals surface area contributed by atoms with Crippen LogP contribution >= 0.6 is 22.6 Å². The molecule has 0 atom stereocenters. The lowest BCUT2D eigenvalue weighted by atomic mass is 10.1. The summed E-state index contributed by atoms with van der Waals surface area (Å²) in [4.78, 5) is 0. The number of hydrogen-bond acceptors (Lipinski definition) is 2. The van der Waals surface area contributed by atoms with Gasteiger partial charge in [0.1, 0.15) is 11.5 Å². The van der Waals surface area contributed by atoms with Gasteiger partial charge in [0.2, 0.25) is 0 Å². The Morgan fingerprint density at radius 3 is 2.75 bits per heavy atom. The first-order valence-electron chi connectivity index (χ1n) is 6.97. The van der Waals surface area contributed by atoms with E-state index in [4.69, 9.17) is 4.74 Å². The summed E-state index contributed by atoms with van der Waals surface area (Å²) >= 11 is 2.30. The van der Waals surface area contributed by atoms with Gasteiger partial charge in [-0.05, 0) is 77.7 Å². The third-order valence-corrected chi connectivity index (χ3v) is 4.11. The van der Waals surface area contributed by atoms with Crippen molar-refractivity contribution in [2.24, 2.45) is 0 Å². The lowest BCUT2D eigenvalue weighted by Crippen LogP contribution is -2.15. The first-order valence-corrected chi connectivity index (χ1v) is 8.05. The zero-order valence-corrected chi connectivity index (χ0v) is 13.7. The number of hydrogen-bond donors (Lipinski definition) is 1. The molecular weight excluding hydrogens is 361 g/mol. The van der Waals surface area contributed by atoms with Crippen LogP contribution in [0, 0.1) is 10.5 Å². The van der Waals surface area contributed by atoms with E-state index >= 15 is 0 Å². The van der Waals surface area contributed by atoms with Crippen LogP contribution in [-0.4, -0.2) is 6.04 Å². The highest BCUT2D eigenvalue weighted by molar-refractivity contribution is 14.1. The molecule has 1 aliphatic rings. The smallest absolute Gasteiger partial charge is 0.130 e. The molecule has 0 heterocycles. The number of benzene rings is 2. The van der Waals surface area contributed by atoms with Crippen molar-refractivity contribution in [3.05, 3.63) is 57.2 Å². The van der Waals surface area contributed by atoms with Gasteiger partial charge in [-0.2, -0.15) is 0 Å². The van der Waals surface area contributed by atoms with Crippen LogP contribution in [0.15, 0.2) is 42.5 Å². The molecule has 1 saturated carbocycles. The van der Waals surface area contributed by atoms with Gasteiger partial charge in [-0.3, -0.25) is 0 Å². The average Bonchev–Trinajstić information content (AvgIpc) is 3.23. The lowest BCUT2D eigenvalue weighted by molar-refractivity contribution is 0.478. The molecule has 0 bridgehead atoms. The van der Waals surface area contributed by atoms with Crippen LogP contribution in [0.1, 0.15) is 24.0 Å². The van der Waals surface area contributed by atoms with Crippen LogP contribution in [0.4, 0.5) is 0 Å². The molecule has 3 heteroatoms. The summed E-state index contributed by atoms with van der Waals surface area (Å²) in [5.74, 6) is 1.83. The van der Waals surface area contributed by atoms with Gasteiger partial charge < -0.3 is 10.1 Å². The Labute approximate surface area is 133 Å². The molecule has 0 spiro atoms. The maximum atomic E-state index is 5.96. The lowest BCUT2D eigenvalue weighted by Gasteiger charge is -2.11. The Morgan fingerprint density at radius 1 is 1.20 bits per heavy atom. The summed E-state index contributed by atoms with van der Waals surface area (Å²) in [6.45, 7) is 3.05. The van der Waals surface area contributed by atoms with Crippen LogP contribution in [-0.2, 0) is 6.54 Å². The second-order valence-electron chi connectivity index (χ2n) is 5.31. The van der Waals surface area contributed by atoms with Crippen LogP contribution in [0.3, 0.4) is 0 Å². The molecule has 1 fully saturated rings. The van der Waals surface area contributed by atoms with Crippen LogP contribution in [0.5, 0.6) is 11.5 Å². The summed E-state index contributed by atoms with van der Waals surface area (Å²) in [6.07, 6.45) is 2.65. The first-order chi connectivity index (χ1) is 9.70. The highest BCUT2D eigenvalue weighted by Gasteiger charge is 2.19. The van der Waals surface area contributed by atoms with Crippen molar-refractivity contribution in [3.8, 4) is 11.5 Å². The normalized spacial score (nSPS) is 14.3. The Kier molecular flexibility index (Phi) is 4.27. The van der Waals surface area contributed by atoms with E-state index in [1.165, 1.54) is 27.5 Å². The zero-order valence-electron chi connectivity index (χ0n) is 11.5. The van der Waals surface area contributed by atoms with Crippen LogP contribution < -0.4 is 10.1 Å². The van der Waals surface area contributed by atoms with Crippen molar-refractivity contribution in [2.45, 2.75) is 32.4 Å². The minimum Gasteiger partial charge on any atom is -0.457 e. The molecule has 0 aromatic heterocycles. The quantitative estimate of drug-likeness (QED) is 0.764. The fraction of sp³-hybridized carbons (Fsp3) is 0.294. The molecular formula is C17H18INO. The maximum absolute atomic E-state index is 5.96. The predicted molar refractivity (Wildman–Crippen MR) is 90.3 cm³/mol. The van der Waals surface area contributed by atoms with Gasteiger partial charge in [-0.25, -0.2) is 0 Å². The summed E-state index contributed by atoms with van der Waals surface area (Å²) in [6, 6.07) is 15.3. The van der Waals surface area contributed by atoms with Gasteiger partial charge in [0.05, 0.1) is 0 Å². The van der Waals surface area contributed by atoms with Crippen molar-refractivity contribution in [2.75, 3.05) is 0 Å². The molecule has 2 aromatic rings. The zero-order chi connectivity index (χ0) is 13.9. The third kappa shape index (κ3) is 3.73. The standard InChI is InChI=1S/C17H18INO/c1-12-9-13(11-19-15-6-7-15)5-8-17(12)20-16-4-2-3-14(18)10-16/h2-5,8-10,15,19H,6-7,11H2,1H3. The summed E-state index contributed by atoms with van der Waals surface area (Å²) in [5.41, 5.74) is 2.50. The third-order valence-electron chi connectivity index (χ3n) is 3.44. The monoisotopic (exact) mass is 379 g/mol. The van der Waals surface area contributed by atoms with Gasteiger partial charge >= 0.3 is 0 Å². The van der Waals surface area contributed by atoms with Crippen LogP contribution in [0.2, 0.25) is 0 Å². The largest absolute Gasteiger partial charge is 0.457 e. The maximum Gasteiger partial charge on any atom is 0.130 e. The van der Waals surface area contributed by atoms with E-state index in [-0.39, 0.29) is 0 Å². The van der Waals surface area contributed by atoms with E-state index in [1.807, 2.05) is 18.2 Å². The minimum absolute atomic E-state index is 0.748. The summed E-state index contributed by atoms with van der Waals surface area (Å²) in [7, 11) is 0. The minimum atomic E-state index is 0.748. The Balaban J connectivity index is 1.69. The average molecular weight is 379 g/mol. The second-order valence-corrected chi connectivity index (χ2v) is 6.56. The molecule has 20 heavy (non-hydrogen) atoms. The van der Waals surface area contributed by atoms with Gasteiger partial charge in [0, 0.05) is 16.2 Å². The molecule has 0 saturated heterocycles. The molecule has 0 amide bonds. The summed E-state index contributed by atoms with van der Waals surface area (Å²) in [5, 5.41) is 3.53. The molecule has 0 aliphatic heterocycles. The Hall–Kier alpha value is -1.07. The van der Waals surface area contributed by atoms with E-state index in [0.29, 0.717) is 0 Å². The van der Waals surface area contributed by atoms with Gasteiger partial charge in [0.25, 0.3) is 0 Å². The molecule has 3 rings (SSSR count). The molecule has 0 unspecified atom stereocenters. The fourth-order valence-corrected chi connectivity index (χ4v) is 2.66. The number of aryl methyl sites for hydroxylation is 1. The topological polar surface area (TPSA) is 21.3 Å². The highest BCUT2D eigenvalue weighted by atomic mass is 127. The fourth-order valence-electron chi connectivity index (χ4n) is 2.14. The van der Waals surface area contributed by atoms with Crippen molar-refractivity contribution in [1.29, 1.82) is 0 Å². The Bertz CT molecular complexity index is 608. The molecule has 2 nitrogen and oxygen atoms in total. The van der Waals surface area contributed by atoms with E-state index in [9.17, 15) is 0 Å². The van der Waals surface area contributed by atoms with Crippen LogP contribution in [0.25, 0.3) is 0 Å². The van der Waals surface area contributed by atoms with E-state index in [2.05, 4.69) is 59.1 Å². The van der Waals surface area contributed by atoms with Crippen molar-refractivity contribution >= 4 is 22.6 Å². The van der Waals surface area contributed by atoms with Gasteiger partial charge in [-0.15, -0.1) is 0 Å².